The molecule has 1 aromatic rings. The molecular weight excluding hydrogens is 310 g/mol. The molecule has 9 nitrogen and oxygen atoms in total. The molecule has 1 aliphatic carbocycles. The number of sulfonamides is 1. The van der Waals surface area contributed by atoms with Gasteiger partial charge in [-0.3, -0.25) is 4.68 Å². The molecule has 1 amide bonds. The predicted molar refractivity (Wildman–Crippen MR) is 78.3 cm³/mol. The lowest BCUT2D eigenvalue weighted by molar-refractivity contribution is 0.0525. The number of amides is 1. The number of rotatable bonds is 5. The number of hydrogen-bond acceptors (Lipinski definition) is 6. The average molecular weight is 331 g/mol. The predicted octanol–water partition coefficient (Wildman–Crippen LogP) is 0.0804. The minimum atomic E-state index is -3.69. The third-order valence-electron chi connectivity index (χ3n) is 3.26. The number of aromatic nitrogens is 3. The van der Waals surface area contributed by atoms with Crippen molar-refractivity contribution in [1.82, 2.24) is 20.3 Å². The molecule has 0 atom stereocenters. The Morgan fingerprint density at radius 2 is 2.14 bits per heavy atom. The summed E-state index contributed by atoms with van der Waals surface area (Å²) in [5, 5.41) is 15.6. The first-order valence-corrected chi connectivity index (χ1v) is 8.48. The van der Waals surface area contributed by atoms with Crippen molar-refractivity contribution in [3.63, 3.8) is 0 Å². The zero-order valence-electron chi connectivity index (χ0n) is 12.9. The lowest BCUT2D eigenvalue weighted by atomic mass is 10.2. The molecule has 0 bridgehead atoms. The van der Waals surface area contributed by atoms with Crippen LogP contribution in [0.25, 0.3) is 0 Å². The molecule has 2 rings (SSSR count). The monoisotopic (exact) mass is 331 g/mol. The number of nitrogens with zero attached hydrogens (tertiary/aromatic N) is 3. The van der Waals surface area contributed by atoms with Crippen LogP contribution in [0.2, 0.25) is 0 Å². The summed E-state index contributed by atoms with van der Waals surface area (Å²) >= 11 is 0. The van der Waals surface area contributed by atoms with Gasteiger partial charge in [0, 0.05) is 6.54 Å². The standard InChI is InChI=1S/C12H21N5O4S/c1-11(2,3)21-10(18)14-6-7-17-8-9(15-16-17)12(4-5-12)22(13,19)20/h8H,4-7H2,1-3H3,(H,14,18)(H2,13,19,20). The van der Waals surface area contributed by atoms with Crippen LogP contribution in [-0.4, -0.2) is 41.7 Å². The maximum absolute atomic E-state index is 11.6. The van der Waals surface area contributed by atoms with Gasteiger partial charge in [-0.05, 0) is 33.6 Å². The third kappa shape index (κ3) is 3.74. The average Bonchev–Trinajstić information content (AvgIpc) is 3.02. The van der Waals surface area contributed by atoms with Gasteiger partial charge in [-0.25, -0.2) is 18.4 Å². The summed E-state index contributed by atoms with van der Waals surface area (Å²) in [5.41, 5.74) is -0.203. The Balaban J connectivity index is 1.88. The van der Waals surface area contributed by atoms with E-state index in [4.69, 9.17) is 9.88 Å². The maximum Gasteiger partial charge on any atom is 0.407 e. The molecule has 124 valence electrons. The molecule has 1 fully saturated rings. The molecule has 3 N–H and O–H groups in total. The summed E-state index contributed by atoms with van der Waals surface area (Å²) in [6.07, 6.45) is 1.95. The van der Waals surface area contributed by atoms with Gasteiger partial charge in [-0.15, -0.1) is 5.10 Å². The molecule has 10 heteroatoms. The highest BCUT2D eigenvalue weighted by Crippen LogP contribution is 2.50. The number of nitrogens with two attached hydrogens (primary N) is 1. The largest absolute Gasteiger partial charge is 0.444 e. The van der Waals surface area contributed by atoms with Crippen LogP contribution in [0, 0.1) is 0 Å². The van der Waals surface area contributed by atoms with Crippen molar-refractivity contribution < 1.29 is 17.9 Å². The lowest BCUT2D eigenvalue weighted by Crippen LogP contribution is -2.34. The Morgan fingerprint density at radius 3 is 2.64 bits per heavy atom. The molecule has 0 spiro atoms. The molecular formula is C12H21N5O4S. The molecule has 1 saturated carbocycles. The molecule has 0 aliphatic heterocycles. The summed E-state index contributed by atoms with van der Waals surface area (Å²) < 4.78 is 28.7. The highest BCUT2D eigenvalue weighted by Gasteiger charge is 2.56. The Kier molecular flexibility index (Phi) is 4.18. The van der Waals surface area contributed by atoms with E-state index >= 15 is 0 Å². The fourth-order valence-corrected chi connectivity index (χ4v) is 3.06. The second-order valence-electron chi connectivity index (χ2n) is 6.33. The molecule has 0 radical (unpaired) electrons. The SMILES string of the molecule is CC(C)(C)OC(=O)NCCn1cc(C2(S(N)(=O)=O)CC2)nn1. The van der Waals surface area contributed by atoms with E-state index in [2.05, 4.69) is 15.6 Å². The first-order valence-electron chi connectivity index (χ1n) is 6.93. The van der Waals surface area contributed by atoms with Crippen LogP contribution in [-0.2, 0) is 26.1 Å². The van der Waals surface area contributed by atoms with E-state index in [9.17, 15) is 13.2 Å². The third-order valence-corrected chi connectivity index (χ3v) is 4.97. The van der Waals surface area contributed by atoms with Gasteiger partial charge >= 0.3 is 6.09 Å². The zero-order valence-corrected chi connectivity index (χ0v) is 13.7. The smallest absolute Gasteiger partial charge is 0.407 e. The molecule has 0 unspecified atom stereocenters. The Morgan fingerprint density at radius 1 is 1.50 bits per heavy atom. The quantitative estimate of drug-likeness (QED) is 0.786. The second-order valence-corrected chi connectivity index (χ2v) is 8.21. The summed E-state index contributed by atoms with van der Waals surface area (Å²) in [6, 6.07) is 0. The first kappa shape index (κ1) is 16.7. The van der Waals surface area contributed by atoms with Crippen molar-refractivity contribution >= 4 is 16.1 Å². The van der Waals surface area contributed by atoms with Crippen LogP contribution < -0.4 is 10.5 Å². The van der Waals surface area contributed by atoms with E-state index in [0.29, 0.717) is 31.6 Å². The number of primary sulfonamides is 1. The van der Waals surface area contributed by atoms with Crippen molar-refractivity contribution in [3.8, 4) is 0 Å². The molecule has 1 heterocycles. The van der Waals surface area contributed by atoms with E-state index in [1.807, 2.05) is 0 Å². The fourth-order valence-electron chi connectivity index (χ4n) is 2.00. The minimum Gasteiger partial charge on any atom is -0.444 e. The van der Waals surface area contributed by atoms with Crippen molar-refractivity contribution in [2.24, 2.45) is 5.14 Å². The van der Waals surface area contributed by atoms with E-state index in [1.165, 1.54) is 4.68 Å². The number of carbonyl (C=O) groups excluding carboxylic acids is 1. The van der Waals surface area contributed by atoms with Crippen LogP contribution >= 0.6 is 0 Å². The first-order chi connectivity index (χ1) is 10.0. The zero-order chi connectivity index (χ0) is 16.6. The summed E-state index contributed by atoms with van der Waals surface area (Å²) in [7, 11) is -3.69. The van der Waals surface area contributed by atoms with Crippen LogP contribution in [0.3, 0.4) is 0 Å². The van der Waals surface area contributed by atoms with Gasteiger partial charge in [0.1, 0.15) is 16.0 Å². The van der Waals surface area contributed by atoms with Crippen LogP contribution in [0.15, 0.2) is 6.20 Å². The Hall–Kier alpha value is -1.68. The summed E-state index contributed by atoms with van der Waals surface area (Å²) in [6.45, 7) is 5.98. The minimum absolute atomic E-state index is 0.292. The molecule has 0 aromatic carbocycles. The second kappa shape index (κ2) is 5.51. The molecule has 1 aliphatic rings. The fraction of sp³-hybridized carbons (Fsp3) is 0.750. The van der Waals surface area contributed by atoms with Gasteiger partial charge in [-0.2, -0.15) is 0 Å². The van der Waals surface area contributed by atoms with Crippen molar-refractivity contribution in [3.05, 3.63) is 11.9 Å². The number of nitrogens with one attached hydrogen (secondary N) is 1. The Labute approximate surface area is 129 Å². The lowest BCUT2D eigenvalue weighted by Gasteiger charge is -2.19. The number of alkyl carbamates (subject to hydrolysis) is 1. The van der Waals surface area contributed by atoms with Crippen molar-refractivity contribution in [1.29, 1.82) is 0 Å². The van der Waals surface area contributed by atoms with E-state index in [1.54, 1.807) is 27.0 Å². The van der Waals surface area contributed by atoms with Gasteiger partial charge in [0.05, 0.1) is 12.7 Å². The Bertz CT molecular complexity index is 657. The van der Waals surface area contributed by atoms with Gasteiger partial charge in [-0.1, -0.05) is 5.21 Å². The van der Waals surface area contributed by atoms with Gasteiger partial charge < -0.3 is 10.1 Å². The number of carbonyl (C=O) groups is 1. The van der Waals surface area contributed by atoms with Gasteiger partial charge in [0.15, 0.2) is 0 Å². The van der Waals surface area contributed by atoms with Gasteiger partial charge in [0.25, 0.3) is 0 Å². The topological polar surface area (TPSA) is 129 Å². The summed E-state index contributed by atoms with van der Waals surface area (Å²) in [4.78, 5) is 11.5. The highest BCUT2D eigenvalue weighted by molar-refractivity contribution is 7.90. The maximum atomic E-state index is 11.6. The van der Waals surface area contributed by atoms with E-state index in [-0.39, 0.29) is 0 Å². The van der Waals surface area contributed by atoms with Crippen LogP contribution in [0.5, 0.6) is 0 Å². The van der Waals surface area contributed by atoms with Crippen molar-refractivity contribution in [2.45, 2.75) is 50.5 Å². The van der Waals surface area contributed by atoms with Crippen molar-refractivity contribution in [2.75, 3.05) is 6.54 Å². The van der Waals surface area contributed by atoms with Crippen LogP contribution in [0.1, 0.15) is 39.3 Å². The molecule has 22 heavy (non-hydrogen) atoms. The van der Waals surface area contributed by atoms with E-state index in [0.717, 1.165) is 0 Å². The van der Waals surface area contributed by atoms with Crippen LogP contribution in [0.4, 0.5) is 4.79 Å². The molecule has 1 aromatic heterocycles. The molecule has 0 saturated heterocycles. The number of ether oxygens (including phenoxy) is 1. The summed E-state index contributed by atoms with van der Waals surface area (Å²) in [5.74, 6) is 0. The number of hydrogen-bond donors (Lipinski definition) is 2. The van der Waals surface area contributed by atoms with E-state index < -0.39 is 26.5 Å². The highest BCUT2D eigenvalue weighted by atomic mass is 32.2. The normalized spacial score (nSPS) is 17.1. The van der Waals surface area contributed by atoms with Gasteiger partial charge in [0.2, 0.25) is 10.0 Å².